The Kier molecular flexibility index (Phi) is 12.3. The highest BCUT2D eigenvalue weighted by molar-refractivity contribution is 5.46. The molecular weight excluding hydrogens is 300 g/mol. The van der Waals surface area contributed by atoms with Crippen molar-refractivity contribution < 1.29 is 24.2 Å². The van der Waals surface area contributed by atoms with Crippen molar-refractivity contribution in [2.75, 3.05) is 47.5 Å². The molecule has 23 heavy (non-hydrogen) atoms. The van der Waals surface area contributed by atoms with Gasteiger partial charge in [0.2, 0.25) is 12.8 Å². The minimum atomic E-state index is 0.0369. The zero-order chi connectivity index (χ0) is 17.5. The molecule has 1 N–H and O–H groups in total. The van der Waals surface area contributed by atoms with E-state index in [1.165, 1.54) is 4.90 Å². The Balaban J connectivity index is 0.000000585. The van der Waals surface area contributed by atoms with Crippen LogP contribution in [-0.4, -0.2) is 75.2 Å². The molecule has 130 valence electrons. The van der Waals surface area contributed by atoms with E-state index >= 15 is 0 Å². The third-order valence-corrected chi connectivity index (χ3v) is 2.83. The summed E-state index contributed by atoms with van der Waals surface area (Å²) >= 11 is 0. The molecule has 1 rings (SSSR count). The Bertz CT molecular complexity index is 425. The summed E-state index contributed by atoms with van der Waals surface area (Å²) in [5.41, 5.74) is 1.09. The van der Waals surface area contributed by atoms with Gasteiger partial charge in [-0.3, -0.25) is 9.59 Å². The van der Waals surface area contributed by atoms with Gasteiger partial charge < -0.3 is 24.4 Å². The Morgan fingerprint density at radius 1 is 1.04 bits per heavy atom. The fourth-order valence-electron chi connectivity index (χ4n) is 1.38. The van der Waals surface area contributed by atoms with Crippen LogP contribution in [0.5, 0.6) is 5.75 Å². The van der Waals surface area contributed by atoms with Crippen molar-refractivity contribution >= 4 is 12.8 Å². The predicted molar refractivity (Wildman–Crippen MR) is 87.1 cm³/mol. The lowest BCUT2D eigenvalue weighted by atomic mass is 10.2. The minimum absolute atomic E-state index is 0.0369. The smallest absolute Gasteiger partial charge is 0.209 e. The molecule has 7 nitrogen and oxygen atoms in total. The molecule has 1 aromatic rings. The Hall–Kier alpha value is -2.12. The maximum atomic E-state index is 10.3. The number of hydrogen-bond donors (Lipinski definition) is 1. The van der Waals surface area contributed by atoms with Crippen LogP contribution >= 0.6 is 0 Å². The monoisotopic (exact) mass is 326 g/mol. The summed E-state index contributed by atoms with van der Waals surface area (Å²) in [4.78, 5) is 22.9. The molecule has 0 bridgehead atoms. The van der Waals surface area contributed by atoms with Crippen molar-refractivity contribution in [1.82, 2.24) is 9.80 Å². The molecule has 7 heteroatoms. The number of carbonyl (C=O) groups is 2. The molecule has 0 fully saturated rings. The molecule has 0 unspecified atom stereocenters. The summed E-state index contributed by atoms with van der Waals surface area (Å²) in [5, 5.41) is 8.17. The van der Waals surface area contributed by atoms with E-state index in [-0.39, 0.29) is 6.61 Å². The maximum absolute atomic E-state index is 10.3. The summed E-state index contributed by atoms with van der Waals surface area (Å²) < 4.78 is 10.5. The molecule has 0 aromatic heterocycles. The molecule has 0 atom stereocenters. The van der Waals surface area contributed by atoms with Crippen LogP contribution in [0, 0.1) is 0 Å². The van der Waals surface area contributed by atoms with Crippen molar-refractivity contribution in [2.45, 2.75) is 6.61 Å². The number of carbonyl (C=O) groups excluding carboxylic acids is 2. The van der Waals surface area contributed by atoms with Gasteiger partial charge in [-0.2, -0.15) is 0 Å². The molecule has 0 aliphatic rings. The lowest BCUT2D eigenvalue weighted by Crippen LogP contribution is -2.21. The first-order valence-electron chi connectivity index (χ1n) is 7.20. The molecule has 0 spiro atoms. The van der Waals surface area contributed by atoms with E-state index in [2.05, 4.69) is 0 Å². The van der Waals surface area contributed by atoms with E-state index in [1.807, 2.05) is 24.3 Å². The van der Waals surface area contributed by atoms with Crippen LogP contribution in [0.1, 0.15) is 5.56 Å². The van der Waals surface area contributed by atoms with Crippen molar-refractivity contribution in [3.05, 3.63) is 29.8 Å². The lowest BCUT2D eigenvalue weighted by Gasteiger charge is -2.10. The van der Waals surface area contributed by atoms with Gasteiger partial charge in [0.25, 0.3) is 0 Å². The number of benzene rings is 1. The molecule has 0 saturated carbocycles. The van der Waals surface area contributed by atoms with Gasteiger partial charge in [-0.1, -0.05) is 12.1 Å². The summed E-state index contributed by atoms with van der Waals surface area (Å²) in [6.45, 7) is 2.16. The van der Waals surface area contributed by atoms with E-state index in [0.717, 1.165) is 17.7 Å². The molecule has 0 aliphatic heterocycles. The van der Waals surface area contributed by atoms with E-state index in [4.69, 9.17) is 14.6 Å². The zero-order valence-electron chi connectivity index (χ0n) is 14.0. The largest absolute Gasteiger partial charge is 0.497 e. The van der Waals surface area contributed by atoms with E-state index in [0.29, 0.717) is 32.7 Å². The normalized spacial score (nSPS) is 9.39. The molecule has 0 saturated heterocycles. The maximum Gasteiger partial charge on any atom is 0.209 e. The molecule has 0 radical (unpaired) electrons. The highest BCUT2D eigenvalue weighted by Gasteiger charge is 1.96. The van der Waals surface area contributed by atoms with Crippen LogP contribution in [0.4, 0.5) is 0 Å². The SMILES string of the molecule is CN(C=O)CCO.COc1ccc(COCCN(C)C=O)cc1. The second-order valence-electron chi connectivity index (χ2n) is 4.80. The quantitative estimate of drug-likeness (QED) is 0.496. The van der Waals surface area contributed by atoms with Crippen LogP contribution in [0.15, 0.2) is 24.3 Å². The second kappa shape index (κ2) is 13.5. The van der Waals surface area contributed by atoms with Crippen molar-refractivity contribution in [2.24, 2.45) is 0 Å². The number of likely N-dealkylation sites (N-methyl/N-ethyl adjacent to an activating group) is 2. The molecular formula is C16H26N2O5. The Morgan fingerprint density at radius 2 is 1.61 bits per heavy atom. The zero-order valence-corrected chi connectivity index (χ0v) is 14.0. The van der Waals surface area contributed by atoms with Crippen molar-refractivity contribution in [3.63, 3.8) is 0 Å². The molecule has 0 aliphatic carbocycles. The van der Waals surface area contributed by atoms with Gasteiger partial charge in [-0.25, -0.2) is 0 Å². The number of ether oxygens (including phenoxy) is 2. The van der Waals surface area contributed by atoms with Gasteiger partial charge in [0.15, 0.2) is 0 Å². The minimum Gasteiger partial charge on any atom is -0.497 e. The van der Waals surface area contributed by atoms with E-state index < -0.39 is 0 Å². The van der Waals surface area contributed by atoms with Gasteiger partial charge in [0.1, 0.15) is 5.75 Å². The van der Waals surface area contributed by atoms with Gasteiger partial charge in [-0.05, 0) is 17.7 Å². The lowest BCUT2D eigenvalue weighted by molar-refractivity contribution is -0.118. The van der Waals surface area contributed by atoms with Gasteiger partial charge in [0.05, 0.1) is 26.9 Å². The first-order chi connectivity index (χ1) is 11.1. The summed E-state index contributed by atoms with van der Waals surface area (Å²) in [7, 11) is 4.98. The van der Waals surface area contributed by atoms with Gasteiger partial charge in [0, 0.05) is 27.2 Å². The van der Waals surface area contributed by atoms with Crippen LogP contribution in [-0.2, 0) is 20.9 Å². The number of aliphatic hydroxyl groups excluding tert-OH is 1. The summed E-state index contributed by atoms with van der Waals surface area (Å²) in [6.07, 6.45) is 1.47. The predicted octanol–water partition coefficient (Wildman–Crippen LogP) is 0.367. The first kappa shape index (κ1) is 20.9. The third kappa shape index (κ3) is 11.1. The van der Waals surface area contributed by atoms with Crippen LogP contribution < -0.4 is 4.74 Å². The number of amides is 2. The van der Waals surface area contributed by atoms with Crippen LogP contribution in [0.2, 0.25) is 0 Å². The average Bonchev–Trinajstić information content (AvgIpc) is 2.59. The van der Waals surface area contributed by atoms with Gasteiger partial charge >= 0.3 is 0 Å². The number of aliphatic hydroxyl groups is 1. The summed E-state index contributed by atoms with van der Waals surface area (Å²) in [6, 6.07) is 7.72. The number of rotatable bonds is 10. The Labute approximate surface area is 137 Å². The number of nitrogens with zero attached hydrogens (tertiary/aromatic N) is 2. The summed E-state index contributed by atoms with van der Waals surface area (Å²) in [5.74, 6) is 0.837. The van der Waals surface area contributed by atoms with Crippen molar-refractivity contribution in [1.29, 1.82) is 0 Å². The topological polar surface area (TPSA) is 79.3 Å². The fourth-order valence-corrected chi connectivity index (χ4v) is 1.38. The molecule has 1 aromatic carbocycles. The average molecular weight is 326 g/mol. The first-order valence-corrected chi connectivity index (χ1v) is 7.20. The standard InChI is InChI=1S/C12H17NO3.C4H9NO2/c1-13(10-14)7-8-16-9-11-3-5-12(15-2)6-4-11;1-5(4-7)2-3-6/h3-6,10H,7-9H2,1-2H3;4,6H,2-3H2,1H3. The molecule has 0 heterocycles. The third-order valence-electron chi connectivity index (χ3n) is 2.83. The molecule has 2 amide bonds. The number of methoxy groups -OCH3 is 1. The number of hydrogen-bond acceptors (Lipinski definition) is 5. The van der Waals surface area contributed by atoms with Crippen LogP contribution in [0.25, 0.3) is 0 Å². The van der Waals surface area contributed by atoms with Crippen LogP contribution in [0.3, 0.4) is 0 Å². The highest BCUT2D eigenvalue weighted by Crippen LogP contribution is 2.11. The van der Waals surface area contributed by atoms with Gasteiger partial charge in [-0.15, -0.1) is 0 Å². The highest BCUT2D eigenvalue weighted by atomic mass is 16.5. The Morgan fingerprint density at radius 3 is 2.04 bits per heavy atom. The second-order valence-corrected chi connectivity index (χ2v) is 4.80. The van der Waals surface area contributed by atoms with Crippen molar-refractivity contribution in [3.8, 4) is 5.75 Å². The van der Waals surface area contributed by atoms with E-state index in [1.54, 1.807) is 26.1 Å². The van der Waals surface area contributed by atoms with E-state index in [9.17, 15) is 9.59 Å². The fraction of sp³-hybridized carbons (Fsp3) is 0.500.